The smallest absolute Gasteiger partial charge is 0.269 e. The minimum Gasteiger partial charge on any atom is -0.346 e. The second kappa shape index (κ2) is 9.49. The number of hydrogen-bond acceptors (Lipinski definition) is 5. The lowest BCUT2D eigenvalue weighted by Gasteiger charge is -2.39. The molecule has 3 rings (SSSR count). The van der Waals surface area contributed by atoms with E-state index in [2.05, 4.69) is 29.0 Å². The van der Waals surface area contributed by atoms with Crippen LogP contribution in [0.1, 0.15) is 20.3 Å². The number of non-ortho nitro benzene ring substituents is 1. The fraction of sp³-hybridized carbons (Fsp3) is 0.600. The van der Waals surface area contributed by atoms with Gasteiger partial charge in [-0.2, -0.15) is 0 Å². The summed E-state index contributed by atoms with van der Waals surface area (Å²) in [4.78, 5) is 29.3. The molecule has 2 heterocycles. The number of nitro benzene ring substituents is 1. The van der Waals surface area contributed by atoms with E-state index in [1.54, 1.807) is 12.1 Å². The van der Waals surface area contributed by atoms with E-state index in [9.17, 15) is 14.9 Å². The molecule has 29 heavy (non-hydrogen) atoms. The fourth-order valence-corrected chi connectivity index (χ4v) is 4.44. The van der Waals surface area contributed by atoms with Gasteiger partial charge in [-0.3, -0.25) is 19.8 Å². The molecule has 0 aliphatic carbocycles. The average molecular weight is 420 g/mol. The van der Waals surface area contributed by atoms with E-state index in [-0.39, 0.29) is 11.6 Å². The van der Waals surface area contributed by atoms with Crippen LogP contribution < -0.4 is 5.32 Å². The van der Waals surface area contributed by atoms with Crippen molar-refractivity contribution in [2.75, 3.05) is 51.1 Å². The lowest BCUT2D eigenvalue weighted by atomic mass is 9.92. The molecular formula is C20H29N5O3S. The van der Waals surface area contributed by atoms with Gasteiger partial charge in [-0.05, 0) is 42.6 Å². The average Bonchev–Trinajstić information content (AvgIpc) is 2.68. The van der Waals surface area contributed by atoms with E-state index >= 15 is 0 Å². The third-order valence-electron chi connectivity index (χ3n) is 5.57. The van der Waals surface area contributed by atoms with E-state index in [1.165, 1.54) is 18.6 Å². The van der Waals surface area contributed by atoms with Crippen molar-refractivity contribution >= 4 is 34.6 Å². The van der Waals surface area contributed by atoms with Gasteiger partial charge in [0, 0.05) is 57.1 Å². The number of amides is 1. The number of nitro groups is 1. The highest BCUT2D eigenvalue weighted by Crippen LogP contribution is 2.21. The van der Waals surface area contributed by atoms with Crippen molar-refractivity contribution in [1.29, 1.82) is 0 Å². The Morgan fingerprint density at radius 2 is 1.69 bits per heavy atom. The van der Waals surface area contributed by atoms with Crippen LogP contribution in [0.5, 0.6) is 0 Å². The summed E-state index contributed by atoms with van der Waals surface area (Å²) in [6.07, 6.45) is 1.20. The predicted octanol–water partition coefficient (Wildman–Crippen LogP) is 2.41. The monoisotopic (exact) mass is 419 g/mol. The first-order valence-electron chi connectivity index (χ1n) is 10.1. The number of carbonyl (C=O) groups is 1. The number of hydrogen-bond donors (Lipinski definition) is 1. The van der Waals surface area contributed by atoms with Crippen molar-refractivity contribution in [3.63, 3.8) is 0 Å². The number of nitrogens with zero attached hydrogens (tertiary/aromatic N) is 4. The molecule has 2 atom stereocenters. The number of piperidine rings is 1. The molecular weight excluding hydrogens is 390 g/mol. The summed E-state index contributed by atoms with van der Waals surface area (Å²) < 4.78 is 0. The van der Waals surface area contributed by atoms with Crippen molar-refractivity contribution in [3.8, 4) is 0 Å². The van der Waals surface area contributed by atoms with Crippen LogP contribution in [0.3, 0.4) is 0 Å². The van der Waals surface area contributed by atoms with Gasteiger partial charge in [0.05, 0.1) is 11.5 Å². The number of nitrogens with one attached hydrogen (secondary N) is 1. The molecule has 2 aliphatic heterocycles. The molecule has 0 spiro atoms. The Bertz CT molecular complexity index is 739. The van der Waals surface area contributed by atoms with Crippen molar-refractivity contribution in [2.45, 2.75) is 20.3 Å². The molecule has 0 bridgehead atoms. The Balaban J connectivity index is 1.44. The highest BCUT2D eigenvalue weighted by atomic mass is 32.1. The molecule has 0 saturated carbocycles. The molecule has 2 fully saturated rings. The zero-order valence-electron chi connectivity index (χ0n) is 17.0. The van der Waals surface area contributed by atoms with Gasteiger partial charge < -0.3 is 15.1 Å². The molecule has 2 saturated heterocycles. The standard InChI is InChI=1S/C20H29N5O3S/c1-15-11-16(2)13-24(12-15)19(26)14-22-7-9-23(10-8-22)20(29)21-17-3-5-18(6-4-17)25(27)28/h3-6,15-16H,7-14H2,1-2H3,(H,21,29)/t15-,16-/m1/s1. The number of benzene rings is 1. The molecule has 1 aromatic rings. The minimum absolute atomic E-state index is 0.0530. The van der Waals surface area contributed by atoms with Gasteiger partial charge in [0.2, 0.25) is 5.91 Å². The first kappa shape index (κ1) is 21.4. The highest BCUT2D eigenvalue weighted by molar-refractivity contribution is 7.80. The first-order valence-corrected chi connectivity index (χ1v) is 10.5. The van der Waals surface area contributed by atoms with E-state index in [1.807, 2.05) is 4.90 Å². The molecule has 0 radical (unpaired) electrons. The minimum atomic E-state index is -0.423. The lowest BCUT2D eigenvalue weighted by molar-refractivity contribution is -0.384. The van der Waals surface area contributed by atoms with Crippen LogP contribution in [0.25, 0.3) is 0 Å². The van der Waals surface area contributed by atoms with Crippen LogP contribution in [0.4, 0.5) is 11.4 Å². The summed E-state index contributed by atoms with van der Waals surface area (Å²) in [5.74, 6) is 1.37. The van der Waals surface area contributed by atoms with Crippen LogP contribution >= 0.6 is 12.2 Å². The molecule has 0 aromatic heterocycles. The van der Waals surface area contributed by atoms with Crippen molar-refractivity contribution in [3.05, 3.63) is 34.4 Å². The van der Waals surface area contributed by atoms with Crippen LogP contribution in [0.15, 0.2) is 24.3 Å². The highest BCUT2D eigenvalue weighted by Gasteiger charge is 2.27. The SMILES string of the molecule is C[C@@H]1C[C@@H](C)CN(C(=O)CN2CCN(C(=S)Nc3ccc([N+](=O)[O-])cc3)CC2)C1. The second-order valence-electron chi connectivity index (χ2n) is 8.24. The number of thiocarbonyl (C=S) groups is 1. The Hall–Kier alpha value is -2.26. The summed E-state index contributed by atoms with van der Waals surface area (Å²) in [5, 5.41) is 14.5. The molecule has 8 nitrogen and oxygen atoms in total. The largest absolute Gasteiger partial charge is 0.346 e. The van der Waals surface area contributed by atoms with Crippen LogP contribution in [-0.2, 0) is 4.79 Å². The Morgan fingerprint density at radius 1 is 1.10 bits per heavy atom. The van der Waals surface area contributed by atoms with E-state index in [0.717, 1.165) is 45.0 Å². The van der Waals surface area contributed by atoms with Crippen molar-refractivity contribution in [1.82, 2.24) is 14.7 Å². The Kier molecular flexibility index (Phi) is 7.02. The first-order chi connectivity index (χ1) is 13.8. The Labute approximate surface area is 177 Å². The van der Waals surface area contributed by atoms with E-state index in [0.29, 0.717) is 23.5 Å². The maximum atomic E-state index is 12.7. The van der Waals surface area contributed by atoms with Gasteiger partial charge in [-0.25, -0.2) is 0 Å². The summed E-state index contributed by atoms with van der Waals surface area (Å²) in [5.41, 5.74) is 0.781. The topological polar surface area (TPSA) is 82.0 Å². The zero-order chi connectivity index (χ0) is 21.0. The normalized spacial score (nSPS) is 23.0. The van der Waals surface area contributed by atoms with Gasteiger partial charge in [0.1, 0.15) is 0 Å². The van der Waals surface area contributed by atoms with Crippen LogP contribution in [0, 0.1) is 22.0 Å². The molecule has 1 N–H and O–H groups in total. The summed E-state index contributed by atoms with van der Waals surface area (Å²) >= 11 is 5.48. The summed E-state index contributed by atoms with van der Waals surface area (Å²) in [6.45, 7) is 9.70. The molecule has 1 aromatic carbocycles. The summed E-state index contributed by atoms with van der Waals surface area (Å²) in [6, 6.07) is 6.22. The van der Waals surface area contributed by atoms with Gasteiger partial charge in [0.25, 0.3) is 5.69 Å². The quantitative estimate of drug-likeness (QED) is 0.456. The van der Waals surface area contributed by atoms with Gasteiger partial charge in [0.15, 0.2) is 5.11 Å². The third kappa shape index (κ3) is 5.86. The maximum Gasteiger partial charge on any atom is 0.269 e. The zero-order valence-corrected chi connectivity index (χ0v) is 17.9. The van der Waals surface area contributed by atoms with Crippen molar-refractivity contribution in [2.24, 2.45) is 11.8 Å². The molecule has 158 valence electrons. The van der Waals surface area contributed by atoms with E-state index < -0.39 is 4.92 Å². The third-order valence-corrected chi connectivity index (χ3v) is 5.93. The number of carbonyl (C=O) groups excluding carboxylic acids is 1. The van der Waals surface area contributed by atoms with Crippen LogP contribution in [0.2, 0.25) is 0 Å². The van der Waals surface area contributed by atoms with Gasteiger partial charge >= 0.3 is 0 Å². The fourth-order valence-electron chi connectivity index (χ4n) is 4.14. The second-order valence-corrected chi connectivity index (χ2v) is 8.63. The van der Waals surface area contributed by atoms with Gasteiger partial charge in [-0.1, -0.05) is 13.8 Å². The number of rotatable bonds is 4. The Morgan fingerprint density at radius 3 is 2.24 bits per heavy atom. The predicted molar refractivity (Wildman–Crippen MR) is 117 cm³/mol. The van der Waals surface area contributed by atoms with Crippen molar-refractivity contribution < 1.29 is 9.72 Å². The number of piperazine rings is 1. The number of anilines is 1. The van der Waals surface area contributed by atoms with Gasteiger partial charge in [-0.15, -0.1) is 0 Å². The van der Waals surface area contributed by atoms with E-state index in [4.69, 9.17) is 12.2 Å². The maximum absolute atomic E-state index is 12.7. The number of likely N-dealkylation sites (tertiary alicyclic amines) is 1. The molecule has 9 heteroatoms. The molecule has 1 amide bonds. The molecule has 2 aliphatic rings. The lowest BCUT2D eigenvalue weighted by Crippen LogP contribution is -2.53. The molecule has 0 unspecified atom stereocenters. The van der Waals surface area contributed by atoms with Crippen LogP contribution in [-0.4, -0.2) is 76.5 Å². The summed E-state index contributed by atoms with van der Waals surface area (Å²) in [7, 11) is 0.